The van der Waals surface area contributed by atoms with Gasteiger partial charge in [-0.05, 0) is 50.9 Å². The number of nitrogens with one attached hydrogen (secondary N) is 1. The Hall–Kier alpha value is -0.570. The molecule has 2 aliphatic carbocycles. The molecule has 1 N–H and O–H groups in total. The van der Waals surface area contributed by atoms with Gasteiger partial charge in [-0.15, -0.1) is 0 Å². The van der Waals surface area contributed by atoms with E-state index in [9.17, 15) is 4.79 Å². The highest BCUT2D eigenvalue weighted by molar-refractivity contribution is 5.81. The number of ether oxygens (including phenoxy) is 1. The summed E-state index contributed by atoms with van der Waals surface area (Å²) in [6.45, 7) is 2.27. The molecule has 4 fully saturated rings. The fraction of sp³-hybridized carbons (Fsp3) is 0.917. The second kappa shape index (κ2) is 2.76. The van der Waals surface area contributed by atoms with Crippen LogP contribution in [-0.4, -0.2) is 24.2 Å². The Morgan fingerprint density at radius 3 is 2.33 bits per heavy atom. The monoisotopic (exact) mass is 209 g/mol. The van der Waals surface area contributed by atoms with E-state index in [4.69, 9.17) is 4.74 Å². The molecule has 0 spiro atoms. The number of rotatable bonds is 1. The van der Waals surface area contributed by atoms with E-state index < -0.39 is 0 Å². The first-order valence-electron chi connectivity index (χ1n) is 5.93. The zero-order valence-electron chi connectivity index (χ0n) is 9.51. The van der Waals surface area contributed by atoms with Crippen LogP contribution in [0, 0.1) is 11.8 Å². The van der Waals surface area contributed by atoms with Crippen LogP contribution in [0.25, 0.3) is 0 Å². The third-order valence-electron chi connectivity index (χ3n) is 4.54. The summed E-state index contributed by atoms with van der Waals surface area (Å²) in [6.07, 6.45) is 5.79. The molecule has 2 saturated heterocycles. The zero-order chi connectivity index (χ0) is 10.7. The molecule has 2 heterocycles. The summed E-state index contributed by atoms with van der Waals surface area (Å²) >= 11 is 0. The van der Waals surface area contributed by atoms with E-state index in [1.807, 2.05) is 0 Å². The Morgan fingerprint density at radius 2 is 1.87 bits per heavy atom. The Morgan fingerprint density at radius 1 is 1.27 bits per heavy atom. The maximum Gasteiger partial charge on any atom is 0.326 e. The summed E-state index contributed by atoms with van der Waals surface area (Å²) in [5.74, 6) is 1.44. The van der Waals surface area contributed by atoms with Crippen LogP contribution in [-0.2, 0) is 9.53 Å². The van der Waals surface area contributed by atoms with Crippen LogP contribution in [0.1, 0.15) is 39.0 Å². The molecular weight excluding hydrogens is 190 g/mol. The molecule has 0 aromatic rings. The minimum absolute atomic E-state index is 0.0391. The average molecular weight is 209 g/mol. The lowest BCUT2D eigenvalue weighted by atomic mass is 9.55. The molecular formula is C12H19NO2. The first-order valence-corrected chi connectivity index (χ1v) is 5.93. The smallest absolute Gasteiger partial charge is 0.326 e. The molecule has 2 unspecified atom stereocenters. The largest absolute Gasteiger partial charge is 0.468 e. The van der Waals surface area contributed by atoms with E-state index in [-0.39, 0.29) is 17.0 Å². The Labute approximate surface area is 90.6 Å². The van der Waals surface area contributed by atoms with Crippen molar-refractivity contribution < 1.29 is 9.53 Å². The quantitative estimate of drug-likeness (QED) is 0.665. The summed E-state index contributed by atoms with van der Waals surface area (Å²) in [5.41, 5.74) is -0.147. The van der Waals surface area contributed by atoms with Crippen LogP contribution >= 0.6 is 0 Å². The molecule has 2 atom stereocenters. The third kappa shape index (κ3) is 1.25. The fourth-order valence-electron chi connectivity index (χ4n) is 4.57. The molecule has 4 bridgehead atoms. The van der Waals surface area contributed by atoms with Gasteiger partial charge in [0.1, 0.15) is 5.54 Å². The Bertz CT molecular complexity index is 299. The van der Waals surface area contributed by atoms with E-state index in [0.717, 1.165) is 24.7 Å². The van der Waals surface area contributed by atoms with Gasteiger partial charge in [0.2, 0.25) is 0 Å². The molecule has 2 aliphatic heterocycles. The lowest BCUT2D eigenvalue weighted by Crippen LogP contribution is -2.72. The van der Waals surface area contributed by atoms with Crippen LogP contribution in [0.2, 0.25) is 0 Å². The van der Waals surface area contributed by atoms with Crippen molar-refractivity contribution in [2.45, 2.75) is 50.1 Å². The van der Waals surface area contributed by atoms with E-state index >= 15 is 0 Å². The Balaban J connectivity index is 1.96. The molecule has 3 nitrogen and oxygen atoms in total. The number of piperidine rings is 2. The third-order valence-corrected chi connectivity index (χ3v) is 4.54. The van der Waals surface area contributed by atoms with Gasteiger partial charge in [0.25, 0.3) is 0 Å². The molecule has 15 heavy (non-hydrogen) atoms. The van der Waals surface area contributed by atoms with Gasteiger partial charge >= 0.3 is 5.97 Å². The van der Waals surface area contributed by atoms with Crippen molar-refractivity contribution in [1.29, 1.82) is 0 Å². The normalized spacial score (nSPS) is 51.9. The first-order chi connectivity index (χ1) is 7.05. The van der Waals surface area contributed by atoms with Gasteiger partial charge in [-0.2, -0.15) is 0 Å². The van der Waals surface area contributed by atoms with Crippen molar-refractivity contribution in [3.63, 3.8) is 0 Å². The van der Waals surface area contributed by atoms with Gasteiger partial charge in [0.05, 0.1) is 7.11 Å². The lowest BCUT2D eigenvalue weighted by molar-refractivity contribution is -0.162. The van der Waals surface area contributed by atoms with Crippen molar-refractivity contribution in [2.75, 3.05) is 7.11 Å². The molecule has 2 saturated carbocycles. The summed E-state index contributed by atoms with van der Waals surface area (Å²) < 4.78 is 4.98. The lowest BCUT2D eigenvalue weighted by Gasteiger charge is -2.60. The maximum atomic E-state index is 11.9. The first kappa shape index (κ1) is 9.64. The Kier molecular flexibility index (Phi) is 1.77. The highest BCUT2D eigenvalue weighted by Crippen LogP contribution is 2.53. The number of methoxy groups -OCH3 is 1. The molecule has 0 aromatic carbocycles. The molecule has 4 aliphatic rings. The fourth-order valence-corrected chi connectivity index (χ4v) is 4.57. The van der Waals surface area contributed by atoms with E-state index in [0.29, 0.717) is 0 Å². The van der Waals surface area contributed by atoms with Gasteiger partial charge in [0, 0.05) is 5.54 Å². The van der Waals surface area contributed by atoms with Crippen LogP contribution in [0.15, 0.2) is 0 Å². The summed E-state index contributed by atoms with van der Waals surface area (Å²) in [4.78, 5) is 11.9. The zero-order valence-corrected chi connectivity index (χ0v) is 9.51. The second-order valence-corrected chi connectivity index (χ2v) is 6.04. The van der Waals surface area contributed by atoms with Gasteiger partial charge in [-0.3, -0.25) is 10.1 Å². The van der Waals surface area contributed by atoms with Crippen molar-refractivity contribution in [3.05, 3.63) is 0 Å². The standard InChI is InChI=1S/C12H19NO2/c1-11-4-8-3-9(5-11)7-12(6-8,13-11)10(14)15-2/h8-9,13H,3-7H2,1-2H3. The predicted octanol–water partition coefficient (Wildman–Crippen LogP) is 1.47. The minimum Gasteiger partial charge on any atom is -0.468 e. The van der Waals surface area contributed by atoms with E-state index in [1.54, 1.807) is 0 Å². The summed E-state index contributed by atoms with van der Waals surface area (Å²) in [6, 6.07) is 0. The van der Waals surface area contributed by atoms with Gasteiger partial charge in [-0.25, -0.2) is 0 Å². The molecule has 4 rings (SSSR count). The van der Waals surface area contributed by atoms with Crippen LogP contribution in [0.4, 0.5) is 0 Å². The second-order valence-electron chi connectivity index (χ2n) is 6.04. The summed E-state index contributed by atoms with van der Waals surface area (Å²) in [5, 5.41) is 3.58. The highest BCUT2D eigenvalue weighted by Gasteiger charge is 2.59. The van der Waals surface area contributed by atoms with Crippen molar-refractivity contribution in [3.8, 4) is 0 Å². The van der Waals surface area contributed by atoms with Gasteiger partial charge < -0.3 is 4.74 Å². The number of carbonyl (C=O) groups excluding carboxylic acids is 1. The van der Waals surface area contributed by atoms with Crippen LogP contribution in [0.5, 0.6) is 0 Å². The van der Waals surface area contributed by atoms with Crippen molar-refractivity contribution in [1.82, 2.24) is 5.32 Å². The van der Waals surface area contributed by atoms with Crippen molar-refractivity contribution in [2.24, 2.45) is 11.8 Å². The average Bonchev–Trinajstić information content (AvgIpc) is 2.12. The number of hydrogen-bond donors (Lipinski definition) is 1. The molecule has 84 valence electrons. The number of carbonyl (C=O) groups is 1. The van der Waals surface area contributed by atoms with Crippen LogP contribution < -0.4 is 5.32 Å². The highest BCUT2D eigenvalue weighted by atomic mass is 16.5. The SMILES string of the molecule is COC(=O)C12CC3CC(CC(C)(C3)N1)C2. The molecule has 0 amide bonds. The van der Waals surface area contributed by atoms with Crippen LogP contribution in [0.3, 0.4) is 0 Å². The van der Waals surface area contributed by atoms with Gasteiger partial charge in [-0.1, -0.05) is 0 Å². The maximum absolute atomic E-state index is 11.9. The van der Waals surface area contributed by atoms with Crippen molar-refractivity contribution >= 4 is 5.97 Å². The van der Waals surface area contributed by atoms with Gasteiger partial charge in [0.15, 0.2) is 0 Å². The molecule has 0 radical (unpaired) electrons. The number of hydrogen-bond acceptors (Lipinski definition) is 3. The van der Waals surface area contributed by atoms with E-state index in [2.05, 4.69) is 12.2 Å². The number of esters is 1. The van der Waals surface area contributed by atoms with E-state index in [1.165, 1.54) is 26.4 Å². The molecule has 3 heteroatoms. The minimum atomic E-state index is -0.340. The topological polar surface area (TPSA) is 38.3 Å². The molecule has 0 aromatic heterocycles. The summed E-state index contributed by atoms with van der Waals surface area (Å²) in [7, 11) is 1.50. The predicted molar refractivity (Wildman–Crippen MR) is 56.4 cm³/mol.